The lowest BCUT2D eigenvalue weighted by atomic mass is 9.96. The number of rotatable bonds is 7. The minimum atomic E-state index is -1.45. The average Bonchev–Trinajstić information content (AvgIpc) is 2.60. The topological polar surface area (TPSA) is 78.8 Å². The largest absolute Gasteiger partial charge is 0.504 e. The number of aliphatic hydroxyl groups is 1. The molecule has 0 unspecified atom stereocenters. The molecular formula is C19H23NO4. The molecule has 0 bridgehead atoms. The monoisotopic (exact) mass is 329 g/mol. The van der Waals surface area contributed by atoms with Gasteiger partial charge in [0.25, 0.3) is 5.91 Å². The molecule has 0 saturated heterocycles. The van der Waals surface area contributed by atoms with Crippen LogP contribution in [-0.4, -0.2) is 28.8 Å². The van der Waals surface area contributed by atoms with E-state index in [0.717, 1.165) is 11.1 Å². The van der Waals surface area contributed by atoms with Crippen LogP contribution < -0.4 is 10.1 Å². The first kappa shape index (κ1) is 17.8. The van der Waals surface area contributed by atoms with Gasteiger partial charge in [0.1, 0.15) is 5.60 Å². The number of aromatic hydroxyl groups is 1. The second-order valence-electron chi connectivity index (χ2n) is 5.95. The highest BCUT2D eigenvalue weighted by Crippen LogP contribution is 2.26. The second kappa shape index (κ2) is 7.84. The quantitative estimate of drug-likeness (QED) is 0.729. The number of aryl methyl sites for hydroxylation is 1. The Balaban J connectivity index is 1.90. The van der Waals surface area contributed by atoms with Crippen molar-refractivity contribution in [2.45, 2.75) is 31.9 Å². The molecule has 1 atom stereocenters. The number of hydrogen-bond acceptors (Lipinski definition) is 4. The van der Waals surface area contributed by atoms with Crippen molar-refractivity contribution in [2.24, 2.45) is 0 Å². The zero-order valence-electron chi connectivity index (χ0n) is 14.0. The van der Waals surface area contributed by atoms with Crippen molar-refractivity contribution in [3.8, 4) is 11.5 Å². The van der Waals surface area contributed by atoms with E-state index in [1.54, 1.807) is 12.1 Å². The van der Waals surface area contributed by atoms with Crippen LogP contribution in [0.2, 0.25) is 0 Å². The minimum Gasteiger partial charge on any atom is -0.504 e. The van der Waals surface area contributed by atoms with Crippen LogP contribution in [0.4, 0.5) is 0 Å². The van der Waals surface area contributed by atoms with Gasteiger partial charge in [0, 0.05) is 6.54 Å². The summed E-state index contributed by atoms with van der Waals surface area (Å²) in [6.07, 6.45) is 0.954. The van der Waals surface area contributed by atoms with Crippen molar-refractivity contribution in [3.05, 3.63) is 59.7 Å². The average molecular weight is 329 g/mol. The molecule has 0 aromatic heterocycles. The highest BCUT2D eigenvalue weighted by Gasteiger charge is 2.29. The number of phenolic OH excluding ortho intramolecular Hbond substituents is 1. The fourth-order valence-corrected chi connectivity index (χ4v) is 2.35. The Bertz CT molecular complexity index is 683. The van der Waals surface area contributed by atoms with Gasteiger partial charge in [-0.15, -0.1) is 0 Å². The number of nitrogens with one attached hydrogen (secondary N) is 1. The summed E-state index contributed by atoms with van der Waals surface area (Å²) in [5.41, 5.74) is 0.405. The Morgan fingerprint density at radius 1 is 1.17 bits per heavy atom. The summed E-state index contributed by atoms with van der Waals surface area (Å²) in [4.78, 5) is 12.2. The minimum absolute atomic E-state index is 0.0439. The van der Waals surface area contributed by atoms with Gasteiger partial charge in [-0.05, 0) is 43.0 Å². The number of amides is 1. The van der Waals surface area contributed by atoms with Crippen LogP contribution in [0.1, 0.15) is 24.5 Å². The smallest absolute Gasteiger partial charge is 0.251 e. The van der Waals surface area contributed by atoms with E-state index in [-0.39, 0.29) is 12.3 Å². The summed E-state index contributed by atoms with van der Waals surface area (Å²) in [5, 5.41) is 22.7. The number of carbonyl (C=O) groups is 1. The van der Waals surface area contributed by atoms with Crippen LogP contribution in [0, 0.1) is 0 Å². The lowest BCUT2D eigenvalue weighted by molar-refractivity contribution is -0.138. The first-order valence-electron chi connectivity index (χ1n) is 7.83. The molecule has 2 rings (SSSR count). The standard InChI is InChI=1S/C19H23NO4/c1-19(23,11-10-14-6-4-3-5-7-14)18(22)20-13-15-8-9-16(21)17(12-15)24-2/h3-9,12,21,23H,10-11,13H2,1-2H3,(H,20,22)/t19-/m0/s1. The van der Waals surface area contributed by atoms with Gasteiger partial charge in [-0.25, -0.2) is 0 Å². The van der Waals surface area contributed by atoms with Crippen LogP contribution >= 0.6 is 0 Å². The summed E-state index contributed by atoms with van der Waals surface area (Å²) in [6.45, 7) is 1.76. The predicted molar refractivity (Wildman–Crippen MR) is 91.9 cm³/mol. The first-order chi connectivity index (χ1) is 11.4. The molecule has 0 aliphatic rings. The number of ether oxygens (including phenoxy) is 1. The van der Waals surface area contributed by atoms with Crippen LogP contribution in [0.15, 0.2) is 48.5 Å². The van der Waals surface area contributed by atoms with Crippen molar-refractivity contribution in [1.29, 1.82) is 0 Å². The fourth-order valence-electron chi connectivity index (χ4n) is 2.35. The third-order valence-electron chi connectivity index (χ3n) is 3.93. The number of carbonyl (C=O) groups excluding carboxylic acids is 1. The molecule has 128 valence electrons. The van der Waals surface area contributed by atoms with Crippen LogP contribution in [0.25, 0.3) is 0 Å². The van der Waals surface area contributed by atoms with E-state index in [2.05, 4.69) is 5.32 Å². The Kier molecular flexibility index (Phi) is 5.82. The summed E-state index contributed by atoms with van der Waals surface area (Å²) in [6, 6.07) is 14.6. The molecule has 24 heavy (non-hydrogen) atoms. The molecule has 0 fully saturated rings. The molecule has 3 N–H and O–H groups in total. The van der Waals surface area contributed by atoms with Gasteiger partial charge in [-0.1, -0.05) is 36.4 Å². The zero-order valence-corrected chi connectivity index (χ0v) is 14.0. The molecule has 0 aliphatic carbocycles. The van der Waals surface area contributed by atoms with Crippen molar-refractivity contribution in [1.82, 2.24) is 5.32 Å². The van der Waals surface area contributed by atoms with Gasteiger partial charge >= 0.3 is 0 Å². The van der Waals surface area contributed by atoms with Crippen LogP contribution in [-0.2, 0) is 17.8 Å². The normalized spacial score (nSPS) is 13.1. The van der Waals surface area contributed by atoms with Crippen molar-refractivity contribution in [3.63, 3.8) is 0 Å². The SMILES string of the molecule is COc1cc(CNC(=O)[C@@](C)(O)CCc2ccccc2)ccc1O. The molecule has 2 aromatic rings. The molecule has 0 aliphatic heterocycles. The highest BCUT2D eigenvalue weighted by atomic mass is 16.5. The lowest BCUT2D eigenvalue weighted by Gasteiger charge is -2.22. The van der Waals surface area contributed by atoms with Crippen LogP contribution in [0.3, 0.4) is 0 Å². The Hall–Kier alpha value is -2.53. The Morgan fingerprint density at radius 2 is 1.88 bits per heavy atom. The van der Waals surface area contributed by atoms with Gasteiger partial charge in [-0.3, -0.25) is 4.79 Å². The van der Waals surface area contributed by atoms with Crippen LogP contribution in [0.5, 0.6) is 11.5 Å². The molecule has 0 saturated carbocycles. The summed E-state index contributed by atoms with van der Waals surface area (Å²) in [7, 11) is 1.46. The third-order valence-corrected chi connectivity index (χ3v) is 3.93. The highest BCUT2D eigenvalue weighted by molar-refractivity contribution is 5.84. The van der Waals surface area contributed by atoms with E-state index in [9.17, 15) is 15.0 Å². The summed E-state index contributed by atoms with van der Waals surface area (Å²) < 4.78 is 5.04. The first-order valence-corrected chi connectivity index (χ1v) is 7.83. The van der Waals surface area contributed by atoms with Gasteiger partial charge in [-0.2, -0.15) is 0 Å². The molecule has 0 spiro atoms. The molecule has 2 aromatic carbocycles. The molecule has 0 radical (unpaired) electrons. The number of methoxy groups -OCH3 is 1. The van der Waals surface area contributed by atoms with Crippen molar-refractivity contribution < 1.29 is 19.7 Å². The maximum Gasteiger partial charge on any atom is 0.251 e. The van der Waals surface area contributed by atoms with E-state index in [0.29, 0.717) is 18.6 Å². The fraction of sp³-hybridized carbons (Fsp3) is 0.316. The van der Waals surface area contributed by atoms with Crippen molar-refractivity contribution in [2.75, 3.05) is 7.11 Å². The molecule has 5 nitrogen and oxygen atoms in total. The van der Waals surface area contributed by atoms with Gasteiger partial charge in [0.15, 0.2) is 11.5 Å². The zero-order chi connectivity index (χ0) is 17.6. The molecule has 0 heterocycles. The molecule has 5 heteroatoms. The number of hydrogen-bond donors (Lipinski definition) is 3. The van der Waals surface area contributed by atoms with Gasteiger partial charge in [0.2, 0.25) is 0 Å². The maximum absolute atomic E-state index is 12.2. The van der Waals surface area contributed by atoms with Gasteiger partial charge in [0.05, 0.1) is 7.11 Å². The van der Waals surface area contributed by atoms with E-state index in [4.69, 9.17) is 4.74 Å². The maximum atomic E-state index is 12.2. The van der Waals surface area contributed by atoms with E-state index in [1.165, 1.54) is 20.1 Å². The van der Waals surface area contributed by atoms with E-state index in [1.807, 2.05) is 30.3 Å². The molecular weight excluding hydrogens is 306 g/mol. The van der Waals surface area contributed by atoms with Crippen molar-refractivity contribution >= 4 is 5.91 Å². The second-order valence-corrected chi connectivity index (χ2v) is 5.95. The van der Waals surface area contributed by atoms with E-state index >= 15 is 0 Å². The Labute approximate surface area is 141 Å². The summed E-state index contributed by atoms with van der Waals surface area (Å²) >= 11 is 0. The number of phenols is 1. The van der Waals surface area contributed by atoms with E-state index < -0.39 is 11.5 Å². The Morgan fingerprint density at radius 3 is 2.54 bits per heavy atom. The molecule has 1 amide bonds. The van der Waals surface area contributed by atoms with Gasteiger partial charge < -0.3 is 20.3 Å². The number of benzene rings is 2. The third kappa shape index (κ3) is 4.73. The summed E-state index contributed by atoms with van der Waals surface area (Å²) in [5.74, 6) is -0.0366. The predicted octanol–water partition coefficient (Wildman–Crippen LogP) is 2.40. The lowest BCUT2D eigenvalue weighted by Crippen LogP contribution is -2.44.